The van der Waals surface area contributed by atoms with Gasteiger partial charge < -0.3 is 19.3 Å². The van der Waals surface area contributed by atoms with E-state index in [1.54, 1.807) is 13.0 Å². The van der Waals surface area contributed by atoms with Crippen LogP contribution in [0.4, 0.5) is 0 Å². The fraction of sp³-hybridized carbons (Fsp3) is 0.462. The van der Waals surface area contributed by atoms with Gasteiger partial charge in [-0.2, -0.15) is 0 Å². The van der Waals surface area contributed by atoms with E-state index in [1.165, 1.54) is 21.3 Å². The summed E-state index contributed by atoms with van der Waals surface area (Å²) in [5.74, 6) is 0.0904. The van der Waals surface area contributed by atoms with Crippen molar-refractivity contribution < 1.29 is 24.1 Å². The predicted octanol–water partition coefficient (Wildman–Crippen LogP) is 2.74. The van der Waals surface area contributed by atoms with E-state index in [0.29, 0.717) is 23.7 Å². The number of hydrogen-bond acceptors (Lipinski definition) is 4. The van der Waals surface area contributed by atoms with Gasteiger partial charge in [-0.25, -0.2) is 0 Å². The first-order valence-electron chi connectivity index (χ1n) is 5.66. The van der Waals surface area contributed by atoms with Gasteiger partial charge in [0.2, 0.25) is 5.75 Å². The molecule has 0 bridgehead atoms. The van der Waals surface area contributed by atoms with Crippen LogP contribution in [0.1, 0.15) is 12.5 Å². The highest BCUT2D eigenvalue weighted by atomic mass is 79.9. The van der Waals surface area contributed by atoms with E-state index in [2.05, 4.69) is 15.9 Å². The highest BCUT2D eigenvalue weighted by Crippen LogP contribution is 2.44. The minimum absolute atomic E-state index is 0.333. The molecule has 0 spiro atoms. The van der Waals surface area contributed by atoms with Crippen molar-refractivity contribution in [3.8, 4) is 17.2 Å². The van der Waals surface area contributed by atoms with Crippen LogP contribution in [0.25, 0.3) is 0 Å². The molecule has 1 aromatic carbocycles. The van der Waals surface area contributed by atoms with Crippen LogP contribution in [0, 0.1) is 5.92 Å². The van der Waals surface area contributed by atoms with Gasteiger partial charge in [-0.3, -0.25) is 4.79 Å². The Balaban J connectivity index is 3.34. The molecule has 1 aromatic rings. The standard InChI is InChI=1S/C13H17BrO5/c1-7(13(15)16)5-8-9(14)6-10(17-2)12(19-4)11(8)18-3/h6-7H,5H2,1-4H3,(H,15,16). The SMILES string of the molecule is COc1cc(Br)c(CC(C)C(=O)O)c(OC)c1OC. The minimum atomic E-state index is -0.858. The van der Waals surface area contributed by atoms with Gasteiger partial charge in [-0.05, 0) is 12.5 Å². The van der Waals surface area contributed by atoms with Crippen LogP contribution in [-0.2, 0) is 11.2 Å². The van der Waals surface area contributed by atoms with Crippen molar-refractivity contribution in [2.75, 3.05) is 21.3 Å². The second-order valence-electron chi connectivity index (χ2n) is 4.05. The van der Waals surface area contributed by atoms with E-state index in [9.17, 15) is 4.79 Å². The van der Waals surface area contributed by atoms with E-state index in [-0.39, 0.29) is 0 Å². The van der Waals surface area contributed by atoms with Crippen LogP contribution >= 0.6 is 15.9 Å². The summed E-state index contributed by atoms with van der Waals surface area (Å²) in [4.78, 5) is 11.0. The Bertz CT molecular complexity index is 473. The van der Waals surface area contributed by atoms with Crippen LogP contribution in [0.15, 0.2) is 10.5 Å². The largest absolute Gasteiger partial charge is 0.493 e. The van der Waals surface area contributed by atoms with E-state index >= 15 is 0 Å². The molecule has 5 nitrogen and oxygen atoms in total. The molecule has 0 aliphatic carbocycles. The minimum Gasteiger partial charge on any atom is -0.493 e. The summed E-state index contributed by atoms with van der Waals surface area (Å²) in [7, 11) is 4.56. The van der Waals surface area contributed by atoms with Crippen LogP contribution in [0.3, 0.4) is 0 Å². The monoisotopic (exact) mass is 332 g/mol. The average molecular weight is 333 g/mol. The molecule has 0 aliphatic heterocycles. The second kappa shape index (κ2) is 6.65. The Morgan fingerprint density at radius 2 is 1.84 bits per heavy atom. The molecule has 0 aromatic heterocycles. The summed E-state index contributed by atoms with van der Waals surface area (Å²) in [6.07, 6.45) is 0.333. The number of halogens is 1. The molecule has 19 heavy (non-hydrogen) atoms. The zero-order valence-electron chi connectivity index (χ0n) is 11.3. The summed E-state index contributed by atoms with van der Waals surface area (Å²) < 4.78 is 16.6. The molecular formula is C13H17BrO5. The van der Waals surface area contributed by atoms with Crippen molar-refractivity contribution in [3.05, 3.63) is 16.1 Å². The lowest BCUT2D eigenvalue weighted by atomic mass is 10.00. The summed E-state index contributed by atoms with van der Waals surface area (Å²) >= 11 is 3.41. The molecular weight excluding hydrogens is 316 g/mol. The van der Waals surface area contributed by atoms with Crippen molar-refractivity contribution in [2.24, 2.45) is 5.92 Å². The van der Waals surface area contributed by atoms with Crippen molar-refractivity contribution >= 4 is 21.9 Å². The lowest BCUT2D eigenvalue weighted by Crippen LogP contribution is -2.13. The molecule has 0 radical (unpaired) electrons. The number of methoxy groups -OCH3 is 3. The molecule has 1 N–H and O–H groups in total. The maximum atomic E-state index is 11.0. The Kier molecular flexibility index (Phi) is 5.47. The van der Waals surface area contributed by atoms with Crippen molar-refractivity contribution in [3.63, 3.8) is 0 Å². The van der Waals surface area contributed by atoms with Crippen LogP contribution in [0.2, 0.25) is 0 Å². The topological polar surface area (TPSA) is 65.0 Å². The zero-order valence-corrected chi connectivity index (χ0v) is 12.9. The van der Waals surface area contributed by atoms with Crippen molar-refractivity contribution in [1.29, 1.82) is 0 Å². The smallest absolute Gasteiger partial charge is 0.306 e. The first-order chi connectivity index (χ1) is 8.96. The lowest BCUT2D eigenvalue weighted by Gasteiger charge is -2.18. The summed E-state index contributed by atoms with van der Waals surface area (Å²) in [6, 6.07) is 1.74. The van der Waals surface area contributed by atoms with Gasteiger partial charge in [-0.15, -0.1) is 0 Å². The van der Waals surface area contributed by atoms with E-state index < -0.39 is 11.9 Å². The van der Waals surface area contributed by atoms with Gasteiger partial charge in [0.15, 0.2) is 11.5 Å². The van der Waals surface area contributed by atoms with Crippen molar-refractivity contribution in [2.45, 2.75) is 13.3 Å². The molecule has 0 saturated heterocycles. The van der Waals surface area contributed by atoms with Gasteiger partial charge in [-0.1, -0.05) is 22.9 Å². The van der Waals surface area contributed by atoms with Gasteiger partial charge in [0, 0.05) is 10.0 Å². The average Bonchev–Trinajstić information content (AvgIpc) is 2.39. The van der Waals surface area contributed by atoms with Crippen LogP contribution in [0.5, 0.6) is 17.2 Å². The quantitative estimate of drug-likeness (QED) is 0.867. The normalized spacial score (nSPS) is 11.8. The third-order valence-electron chi connectivity index (χ3n) is 2.81. The maximum Gasteiger partial charge on any atom is 0.306 e. The fourth-order valence-electron chi connectivity index (χ4n) is 1.77. The van der Waals surface area contributed by atoms with Gasteiger partial charge in [0.05, 0.1) is 27.2 Å². The highest BCUT2D eigenvalue weighted by Gasteiger charge is 2.23. The molecule has 0 amide bonds. The summed E-state index contributed by atoms with van der Waals surface area (Å²) in [5.41, 5.74) is 0.745. The molecule has 106 valence electrons. The molecule has 1 atom stereocenters. The number of carboxylic acid groups (broad SMARTS) is 1. The zero-order chi connectivity index (χ0) is 14.6. The fourth-order valence-corrected chi connectivity index (χ4v) is 2.32. The Hall–Kier alpha value is -1.43. The maximum absolute atomic E-state index is 11.0. The van der Waals surface area contributed by atoms with Gasteiger partial charge in [0.1, 0.15) is 0 Å². The molecule has 0 fully saturated rings. The van der Waals surface area contributed by atoms with Crippen LogP contribution < -0.4 is 14.2 Å². The van der Waals surface area contributed by atoms with Crippen LogP contribution in [-0.4, -0.2) is 32.4 Å². The molecule has 0 saturated carbocycles. The molecule has 1 unspecified atom stereocenters. The number of aliphatic carboxylic acids is 1. The number of carboxylic acids is 1. The predicted molar refractivity (Wildman–Crippen MR) is 74.3 cm³/mol. The molecule has 0 aliphatic rings. The summed E-state index contributed by atoms with van der Waals surface area (Å²) in [5, 5.41) is 9.01. The third-order valence-corrected chi connectivity index (χ3v) is 3.52. The number of benzene rings is 1. The van der Waals surface area contributed by atoms with E-state index in [1.807, 2.05) is 0 Å². The Morgan fingerprint density at radius 3 is 2.26 bits per heavy atom. The number of carbonyl (C=O) groups is 1. The summed E-state index contributed by atoms with van der Waals surface area (Å²) in [6.45, 7) is 1.64. The lowest BCUT2D eigenvalue weighted by molar-refractivity contribution is -0.141. The Labute approximate surface area is 120 Å². The number of ether oxygens (including phenoxy) is 3. The second-order valence-corrected chi connectivity index (χ2v) is 4.90. The highest BCUT2D eigenvalue weighted by molar-refractivity contribution is 9.10. The van der Waals surface area contributed by atoms with Crippen molar-refractivity contribution in [1.82, 2.24) is 0 Å². The third kappa shape index (κ3) is 3.32. The number of rotatable bonds is 6. The van der Waals surface area contributed by atoms with Gasteiger partial charge >= 0.3 is 5.97 Å². The van der Waals surface area contributed by atoms with E-state index in [4.69, 9.17) is 19.3 Å². The first kappa shape index (κ1) is 15.6. The number of hydrogen-bond donors (Lipinski definition) is 1. The molecule has 0 heterocycles. The molecule has 6 heteroatoms. The first-order valence-corrected chi connectivity index (χ1v) is 6.45. The Morgan fingerprint density at radius 1 is 1.26 bits per heavy atom. The molecule has 1 rings (SSSR count). The van der Waals surface area contributed by atoms with Gasteiger partial charge in [0.25, 0.3) is 0 Å². The van der Waals surface area contributed by atoms with E-state index in [0.717, 1.165) is 10.0 Å².